The molecule has 0 bridgehead atoms. The average Bonchev–Trinajstić information content (AvgIpc) is 3.61. The summed E-state index contributed by atoms with van der Waals surface area (Å²) in [6.07, 6.45) is 2.60. The second kappa shape index (κ2) is 10.2. The van der Waals surface area contributed by atoms with E-state index in [1.165, 1.54) is 22.4 Å². The number of nitrogens with zero attached hydrogens (tertiary/aromatic N) is 6. The monoisotopic (exact) mass is 540 g/mol. The highest BCUT2D eigenvalue weighted by Gasteiger charge is 2.20. The summed E-state index contributed by atoms with van der Waals surface area (Å²) in [5.74, 6) is -0.316. The molecule has 6 aromatic rings. The van der Waals surface area contributed by atoms with E-state index in [2.05, 4.69) is 61.6 Å². The average molecular weight is 541 g/mol. The van der Waals surface area contributed by atoms with Crippen molar-refractivity contribution in [3.8, 4) is 0 Å². The maximum Gasteiger partial charge on any atom is 0.229 e. The molecular formula is C29H26F2N8O. The largest absolute Gasteiger partial charge is 0.378 e. The van der Waals surface area contributed by atoms with Gasteiger partial charge in [-0.3, -0.25) is 0 Å². The first-order valence-corrected chi connectivity index (χ1v) is 13.2. The summed E-state index contributed by atoms with van der Waals surface area (Å²) in [7, 11) is 0. The van der Waals surface area contributed by atoms with Crippen LogP contribution in [0.4, 0.5) is 20.5 Å². The molecule has 202 valence electrons. The van der Waals surface area contributed by atoms with E-state index in [1.807, 2.05) is 10.6 Å². The fourth-order valence-corrected chi connectivity index (χ4v) is 5.20. The Kier molecular flexibility index (Phi) is 6.20. The molecular weight excluding hydrogens is 514 g/mol. The zero-order valence-electron chi connectivity index (χ0n) is 21.6. The Morgan fingerprint density at radius 2 is 1.77 bits per heavy atom. The fraction of sp³-hybridized carbons (Fsp3) is 0.241. The number of rotatable bonds is 7. The number of ether oxygens (including phenoxy) is 1. The third-order valence-corrected chi connectivity index (χ3v) is 7.27. The van der Waals surface area contributed by atoms with Crippen LogP contribution < -0.4 is 10.2 Å². The molecule has 7 rings (SSSR count). The van der Waals surface area contributed by atoms with E-state index in [1.54, 1.807) is 6.33 Å². The first kappa shape index (κ1) is 24.4. The number of imidazole rings is 2. The zero-order valence-corrected chi connectivity index (χ0v) is 21.6. The summed E-state index contributed by atoms with van der Waals surface area (Å²) < 4.78 is 35.4. The molecule has 1 aliphatic rings. The number of H-pyrrole nitrogens is 1. The minimum atomic E-state index is -0.969. The van der Waals surface area contributed by atoms with Crippen LogP contribution in [0.2, 0.25) is 0 Å². The van der Waals surface area contributed by atoms with Crippen molar-refractivity contribution < 1.29 is 13.5 Å². The number of nitrogens with one attached hydrogen (secondary N) is 2. The molecule has 0 unspecified atom stereocenters. The summed E-state index contributed by atoms with van der Waals surface area (Å²) in [4.78, 5) is 23.7. The highest BCUT2D eigenvalue weighted by molar-refractivity contribution is 5.86. The standard InChI is InChI=1S/C29H26F2N8O/c30-21-8-9-22-25(24(21)31)35-23(34-22)16-32-27-26-28(37-29(36-27)38-12-14-40-15-13-38)39(17-33-26)11-10-19-6-3-5-18-4-1-2-7-20(18)19/h1-9,17H,10-16H2,(H,34,35)(H,32,36,37). The van der Waals surface area contributed by atoms with Crippen LogP contribution in [0.3, 0.4) is 0 Å². The van der Waals surface area contributed by atoms with Crippen molar-refractivity contribution in [1.82, 2.24) is 29.5 Å². The van der Waals surface area contributed by atoms with E-state index in [-0.39, 0.29) is 12.1 Å². The topological polar surface area (TPSA) is 96.8 Å². The Hall–Kier alpha value is -4.64. The minimum Gasteiger partial charge on any atom is -0.378 e. The smallest absolute Gasteiger partial charge is 0.229 e. The molecule has 3 aromatic heterocycles. The molecule has 9 nitrogen and oxygen atoms in total. The molecule has 3 aromatic carbocycles. The molecule has 40 heavy (non-hydrogen) atoms. The third kappa shape index (κ3) is 4.47. The van der Waals surface area contributed by atoms with E-state index in [0.29, 0.717) is 61.5 Å². The van der Waals surface area contributed by atoms with Crippen LogP contribution in [0.1, 0.15) is 11.4 Å². The van der Waals surface area contributed by atoms with Gasteiger partial charge in [0.15, 0.2) is 28.6 Å². The number of morpholine rings is 1. The Morgan fingerprint density at radius 1 is 0.925 bits per heavy atom. The molecule has 2 N–H and O–H groups in total. The molecule has 4 heterocycles. The van der Waals surface area contributed by atoms with Gasteiger partial charge in [0, 0.05) is 19.6 Å². The first-order valence-electron chi connectivity index (χ1n) is 13.2. The molecule has 11 heteroatoms. The Bertz CT molecular complexity index is 1840. The number of hydrogen-bond donors (Lipinski definition) is 2. The van der Waals surface area contributed by atoms with Crippen LogP contribution >= 0.6 is 0 Å². The number of aromatic nitrogens is 6. The predicted molar refractivity (Wildman–Crippen MR) is 149 cm³/mol. The number of benzene rings is 3. The summed E-state index contributed by atoms with van der Waals surface area (Å²) in [5.41, 5.74) is 3.00. The predicted octanol–water partition coefficient (Wildman–Crippen LogP) is 4.83. The van der Waals surface area contributed by atoms with Crippen molar-refractivity contribution in [3.05, 3.63) is 83.9 Å². The second-order valence-corrected chi connectivity index (χ2v) is 9.76. The summed E-state index contributed by atoms with van der Waals surface area (Å²) in [6.45, 7) is 3.48. The van der Waals surface area contributed by atoms with Crippen LogP contribution in [0.25, 0.3) is 33.0 Å². The fourth-order valence-electron chi connectivity index (χ4n) is 5.20. The SMILES string of the molecule is Fc1ccc2[nH]c(CNc3nc(N4CCOCC4)nc4c3ncn4CCc3cccc4ccccc34)nc2c1F. The van der Waals surface area contributed by atoms with E-state index in [9.17, 15) is 8.78 Å². The van der Waals surface area contributed by atoms with Crippen LogP contribution in [0.15, 0.2) is 60.9 Å². The Balaban J connectivity index is 1.21. The van der Waals surface area contributed by atoms with Crippen LogP contribution in [0, 0.1) is 11.6 Å². The maximum absolute atomic E-state index is 14.2. The van der Waals surface area contributed by atoms with Gasteiger partial charge >= 0.3 is 0 Å². The second-order valence-electron chi connectivity index (χ2n) is 9.76. The van der Waals surface area contributed by atoms with Crippen LogP contribution in [0.5, 0.6) is 0 Å². The molecule has 1 aliphatic heterocycles. The molecule has 0 spiro atoms. The highest BCUT2D eigenvalue weighted by Crippen LogP contribution is 2.26. The lowest BCUT2D eigenvalue weighted by atomic mass is 10.0. The van der Waals surface area contributed by atoms with E-state index >= 15 is 0 Å². The van der Waals surface area contributed by atoms with Crippen LogP contribution in [-0.2, 0) is 24.2 Å². The van der Waals surface area contributed by atoms with Gasteiger partial charge in [0.2, 0.25) is 5.95 Å². The lowest BCUT2D eigenvalue weighted by Gasteiger charge is -2.27. The number of halogens is 2. The van der Waals surface area contributed by atoms with Crippen molar-refractivity contribution in [2.45, 2.75) is 19.5 Å². The maximum atomic E-state index is 14.2. The van der Waals surface area contributed by atoms with Gasteiger partial charge in [-0.15, -0.1) is 0 Å². The van der Waals surface area contributed by atoms with E-state index in [0.717, 1.165) is 18.1 Å². The van der Waals surface area contributed by atoms with Gasteiger partial charge < -0.3 is 24.5 Å². The summed E-state index contributed by atoms with van der Waals surface area (Å²) >= 11 is 0. The number of hydrogen-bond acceptors (Lipinski definition) is 7. The van der Waals surface area contributed by atoms with Gasteiger partial charge in [-0.25, -0.2) is 18.7 Å². The molecule has 0 radical (unpaired) electrons. The molecule has 0 aliphatic carbocycles. The van der Waals surface area contributed by atoms with Crippen molar-refractivity contribution in [3.63, 3.8) is 0 Å². The van der Waals surface area contributed by atoms with Gasteiger partial charge in [0.25, 0.3) is 0 Å². The van der Waals surface area contributed by atoms with Gasteiger partial charge in [-0.05, 0) is 34.9 Å². The minimum absolute atomic E-state index is 0.0312. The van der Waals surface area contributed by atoms with E-state index < -0.39 is 11.6 Å². The quantitative estimate of drug-likeness (QED) is 0.300. The Morgan fingerprint density at radius 3 is 2.67 bits per heavy atom. The molecule has 0 atom stereocenters. The normalized spacial score (nSPS) is 14.0. The molecule has 1 fully saturated rings. The lowest BCUT2D eigenvalue weighted by Crippen LogP contribution is -2.37. The molecule has 0 amide bonds. The Labute approximate surface area is 227 Å². The van der Waals surface area contributed by atoms with Crippen molar-refractivity contribution in [1.29, 1.82) is 0 Å². The van der Waals surface area contributed by atoms with Crippen molar-refractivity contribution >= 4 is 44.7 Å². The van der Waals surface area contributed by atoms with Crippen LogP contribution in [-0.4, -0.2) is 55.8 Å². The zero-order chi connectivity index (χ0) is 27.1. The van der Waals surface area contributed by atoms with Gasteiger partial charge in [-0.1, -0.05) is 42.5 Å². The summed E-state index contributed by atoms with van der Waals surface area (Å²) in [6, 6.07) is 17.3. The number of fused-ring (bicyclic) bond motifs is 3. The van der Waals surface area contributed by atoms with Crippen molar-refractivity contribution in [2.24, 2.45) is 0 Å². The number of anilines is 2. The van der Waals surface area contributed by atoms with Gasteiger partial charge in [-0.2, -0.15) is 9.97 Å². The molecule has 0 saturated carbocycles. The van der Waals surface area contributed by atoms with Crippen molar-refractivity contribution in [2.75, 3.05) is 36.5 Å². The lowest BCUT2D eigenvalue weighted by molar-refractivity contribution is 0.122. The van der Waals surface area contributed by atoms with Gasteiger partial charge in [0.1, 0.15) is 11.3 Å². The third-order valence-electron chi connectivity index (χ3n) is 7.27. The summed E-state index contributed by atoms with van der Waals surface area (Å²) in [5, 5.41) is 5.75. The first-order chi connectivity index (χ1) is 19.6. The number of aromatic amines is 1. The van der Waals surface area contributed by atoms with E-state index in [4.69, 9.17) is 14.7 Å². The highest BCUT2D eigenvalue weighted by atomic mass is 19.2. The number of aryl methyl sites for hydroxylation is 2. The molecule has 1 saturated heterocycles. The van der Waals surface area contributed by atoms with Gasteiger partial charge in [0.05, 0.1) is 31.6 Å².